The monoisotopic (exact) mass is 426 g/mol. The van der Waals surface area contributed by atoms with Gasteiger partial charge in [0.2, 0.25) is 5.91 Å². The molecule has 1 heterocycles. The van der Waals surface area contributed by atoms with Crippen LogP contribution in [0.2, 0.25) is 0 Å². The van der Waals surface area contributed by atoms with Crippen LogP contribution >= 0.6 is 0 Å². The summed E-state index contributed by atoms with van der Waals surface area (Å²) in [6.07, 6.45) is 11.6. The van der Waals surface area contributed by atoms with Crippen LogP contribution in [0.3, 0.4) is 0 Å². The van der Waals surface area contributed by atoms with E-state index in [1.807, 2.05) is 36.1 Å². The smallest absolute Gasteiger partial charge is 0.257 e. The van der Waals surface area contributed by atoms with Crippen molar-refractivity contribution in [2.24, 2.45) is 5.92 Å². The summed E-state index contributed by atoms with van der Waals surface area (Å²) in [5, 5.41) is 0. The number of para-hydroxylation sites is 1. The van der Waals surface area contributed by atoms with Gasteiger partial charge in [0, 0.05) is 25.6 Å². The lowest BCUT2D eigenvalue weighted by Gasteiger charge is -2.41. The van der Waals surface area contributed by atoms with Gasteiger partial charge in [-0.05, 0) is 70.4 Å². The number of ether oxygens (including phenoxy) is 1. The zero-order valence-corrected chi connectivity index (χ0v) is 19.1. The van der Waals surface area contributed by atoms with Crippen molar-refractivity contribution in [1.29, 1.82) is 0 Å². The van der Waals surface area contributed by atoms with Gasteiger partial charge in [0.15, 0.2) is 0 Å². The molecule has 0 radical (unpaired) electrons. The summed E-state index contributed by atoms with van der Waals surface area (Å²) in [6.45, 7) is 4.32. The molecule has 1 aromatic carbocycles. The van der Waals surface area contributed by atoms with Crippen LogP contribution in [0, 0.1) is 5.92 Å². The van der Waals surface area contributed by atoms with Crippen LogP contribution in [0.4, 0.5) is 0 Å². The Morgan fingerprint density at radius 1 is 0.935 bits per heavy atom. The maximum atomic E-state index is 13.5. The number of hydrogen-bond acceptors (Lipinski definition) is 3. The highest BCUT2D eigenvalue weighted by atomic mass is 16.5. The molecule has 2 saturated carbocycles. The Morgan fingerprint density at radius 2 is 1.65 bits per heavy atom. The van der Waals surface area contributed by atoms with Crippen molar-refractivity contribution >= 4 is 11.8 Å². The molecule has 0 N–H and O–H groups in total. The molecule has 0 spiro atoms. The van der Waals surface area contributed by atoms with E-state index in [-0.39, 0.29) is 24.0 Å². The predicted molar refractivity (Wildman–Crippen MR) is 122 cm³/mol. The van der Waals surface area contributed by atoms with Crippen molar-refractivity contribution in [1.82, 2.24) is 9.80 Å². The molecular weight excluding hydrogens is 388 g/mol. The second kappa shape index (κ2) is 10.5. The maximum Gasteiger partial charge on any atom is 0.257 e. The SMILES string of the molecule is CCN1CCCCCN(C(=O)C2CCCC2)[C@@H]2CCCC[C@@H]2Oc2ccccc2C1=O. The van der Waals surface area contributed by atoms with Crippen LogP contribution in [-0.2, 0) is 4.79 Å². The Balaban J connectivity index is 1.64. The van der Waals surface area contributed by atoms with E-state index in [1.165, 1.54) is 12.8 Å². The summed E-state index contributed by atoms with van der Waals surface area (Å²) in [6, 6.07) is 7.79. The van der Waals surface area contributed by atoms with Gasteiger partial charge >= 0.3 is 0 Å². The first-order chi connectivity index (χ1) is 15.2. The van der Waals surface area contributed by atoms with Crippen molar-refractivity contribution in [3.05, 3.63) is 29.8 Å². The van der Waals surface area contributed by atoms with Gasteiger partial charge in [-0.1, -0.05) is 31.4 Å². The summed E-state index contributed by atoms with van der Waals surface area (Å²) in [4.78, 5) is 30.9. The number of amides is 2. The van der Waals surface area contributed by atoms with E-state index in [0.717, 1.165) is 70.9 Å². The van der Waals surface area contributed by atoms with Gasteiger partial charge in [0.25, 0.3) is 5.91 Å². The van der Waals surface area contributed by atoms with Crippen molar-refractivity contribution in [3.63, 3.8) is 0 Å². The van der Waals surface area contributed by atoms with Crippen LogP contribution in [0.15, 0.2) is 24.3 Å². The van der Waals surface area contributed by atoms with Crippen LogP contribution in [0.5, 0.6) is 5.75 Å². The number of carbonyl (C=O) groups is 2. The lowest BCUT2D eigenvalue weighted by molar-refractivity contribution is -0.141. The minimum atomic E-state index is -0.0381. The summed E-state index contributed by atoms with van der Waals surface area (Å²) in [7, 11) is 0. The van der Waals surface area contributed by atoms with E-state index in [9.17, 15) is 9.59 Å². The van der Waals surface area contributed by atoms with Crippen LogP contribution in [0.1, 0.15) is 87.9 Å². The molecule has 31 heavy (non-hydrogen) atoms. The number of fused-ring (bicyclic) bond motifs is 2. The molecule has 5 heteroatoms. The van der Waals surface area contributed by atoms with Crippen molar-refractivity contribution in [3.8, 4) is 5.75 Å². The fourth-order valence-corrected chi connectivity index (χ4v) is 5.66. The Bertz CT molecular complexity index is 759. The number of rotatable bonds is 2. The fourth-order valence-electron chi connectivity index (χ4n) is 5.66. The Labute approximate surface area is 187 Å². The molecule has 2 aliphatic carbocycles. The number of nitrogens with zero attached hydrogens (tertiary/aromatic N) is 2. The van der Waals surface area contributed by atoms with E-state index in [0.29, 0.717) is 23.8 Å². The van der Waals surface area contributed by atoms with E-state index in [1.54, 1.807) is 0 Å². The third-order valence-corrected chi connectivity index (χ3v) is 7.45. The van der Waals surface area contributed by atoms with E-state index < -0.39 is 0 Å². The molecule has 170 valence electrons. The zero-order valence-electron chi connectivity index (χ0n) is 19.1. The van der Waals surface area contributed by atoms with E-state index >= 15 is 0 Å². The van der Waals surface area contributed by atoms with Gasteiger partial charge in [-0.3, -0.25) is 9.59 Å². The first-order valence-corrected chi connectivity index (χ1v) is 12.5. The summed E-state index contributed by atoms with van der Waals surface area (Å²) < 4.78 is 6.58. The number of hydrogen-bond donors (Lipinski definition) is 0. The summed E-state index contributed by atoms with van der Waals surface area (Å²) in [5.41, 5.74) is 0.654. The normalized spacial score (nSPS) is 26.2. The summed E-state index contributed by atoms with van der Waals surface area (Å²) in [5.74, 6) is 1.29. The highest BCUT2D eigenvalue weighted by molar-refractivity contribution is 5.97. The average molecular weight is 427 g/mol. The third-order valence-electron chi connectivity index (χ3n) is 7.45. The van der Waals surface area contributed by atoms with Gasteiger partial charge in [0.05, 0.1) is 11.6 Å². The standard InChI is InChI=1S/C26H38N2O3/c1-2-27-18-10-3-11-19-28(25(29)20-12-4-5-13-20)22-15-7-9-17-24(22)31-23-16-8-6-14-21(23)26(27)30/h6,8,14,16,20,22,24H,2-5,7,9-13,15,17-19H2,1H3/t22-,24+/m1/s1. The van der Waals surface area contributed by atoms with Crippen molar-refractivity contribution in [2.75, 3.05) is 19.6 Å². The molecule has 0 bridgehead atoms. The molecule has 0 aromatic heterocycles. The second-order valence-corrected chi connectivity index (χ2v) is 9.46. The molecule has 2 amide bonds. The molecule has 2 fully saturated rings. The van der Waals surface area contributed by atoms with Crippen LogP contribution in [-0.4, -0.2) is 53.4 Å². The molecule has 3 aliphatic rings. The summed E-state index contributed by atoms with van der Waals surface area (Å²) >= 11 is 0. The Kier molecular flexibility index (Phi) is 7.52. The molecule has 1 aromatic rings. The molecule has 2 atom stereocenters. The first kappa shape index (κ1) is 22.2. The first-order valence-electron chi connectivity index (χ1n) is 12.5. The molecule has 0 saturated heterocycles. The molecule has 0 unspecified atom stereocenters. The van der Waals surface area contributed by atoms with Gasteiger partial charge < -0.3 is 14.5 Å². The van der Waals surface area contributed by atoms with Gasteiger partial charge in [-0.2, -0.15) is 0 Å². The topological polar surface area (TPSA) is 49.9 Å². The maximum absolute atomic E-state index is 13.5. The highest BCUT2D eigenvalue weighted by Gasteiger charge is 2.38. The van der Waals surface area contributed by atoms with E-state index in [2.05, 4.69) is 4.90 Å². The molecule has 4 rings (SSSR count). The predicted octanol–water partition coefficient (Wildman–Crippen LogP) is 5.04. The molecule has 5 nitrogen and oxygen atoms in total. The van der Waals surface area contributed by atoms with Crippen molar-refractivity contribution in [2.45, 2.75) is 89.7 Å². The third kappa shape index (κ3) is 5.07. The van der Waals surface area contributed by atoms with E-state index in [4.69, 9.17) is 4.74 Å². The Hall–Kier alpha value is -2.04. The second-order valence-electron chi connectivity index (χ2n) is 9.46. The number of benzene rings is 1. The van der Waals surface area contributed by atoms with Gasteiger partial charge in [-0.25, -0.2) is 0 Å². The van der Waals surface area contributed by atoms with Crippen LogP contribution in [0.25, 0.3) is 0 Å². The average Bonchev–Trinajstić information content (AvgIpc) is 3.34. The lowest BCUT2D eigenvalue weighted by Crippen LogP contribution is -2.52. The minimum Gasteiger partial charge on any atom is -0.487 e. The molecule has 1 aliphatic heterocycles. The Morgan fingerprint density at radius 3 is 2.45 bits per heavy atom. The van der Waals surface area contributed by atoms with Gasteiger partial charge in [0.1, 0.15) is 11.9 Å². The lowest BCUT2D eigenvalue weighted by atomic mass is 9.89. The highest BCUT2D eigenvalue weighted by Crippen LogP contribution is 2.33. The van der Waals surface area contributed by atoms with Gasteiger partial charge in [-0.15, -0.1) is 0 Å². The van der Waals surface area contributed by atoms with Crippen molar-refractivity contribution < 1.29 is 14.3 Å². The number of carbonyl (C=O) groups excluding carboxylic acids is 2. The fraction of sp³-hybridized carbons (Fsp3) is 0.692. The largest absolute Gasteiger partial charge is 0.487 e. The minimum absolute atomic E-state index is 0.0381. The quantitative estimate of drug-likeness (QED) is 0.666. The molecular formula is C26H38N2O3. The van der Waals surface area contributed by atoms with Crippen LogP contribution < -0.4 is 4.74 Å². The zero-order chi connectivity index (χ0) is 21.6.